The number of ether oxygens (including phenoxy) is 3. The van der Waals surface area contributed by atoms with E-state index in [1.165, 1.54) is 360 Å². The van der Waals surface area contributed by atoms with Crippen LogP contribution in [0.5, 0.6) is 0 Å². The normalized spacial score (nSPS) is 11.9. The lowest BCUT2D eigenvalue weighted by atomic mass is 10.0. The first-order valence-electron chi connectivity index (χ1n) is 38.5. The summed E-state index contributed by atoms with van der Waals surface area (Å²) in [4.78, 5) is 38.4. The Balaban J connectivity index is 4.05. The average molecular weight is 1170 g/mol. The molecule has 0 aromatic rings. The van der Waals surface area contributed by atoms with E-state index in [1.807, 2.05) is 0 Å². The Morgan fingerprint density at radius 3 is 0.482 bits per heavy atom. The third kappa shape index (κ3) is 71.1. The zero-order valence-corrected chi connectivity index (χ0v) is 57.0. The minimum absolute atomic E-state index is 0.0602. The van der Waals surface area contributed by atoms with Gasteiger partial charge >= 0.3 is 17.9 Å². The van der Waals surface area contributed by atoms with Crippen LogP contribution < -0.4 is 0 Å². The van der Waals surface area contributed by atoms with Crippen LogP contribution in [0.3, 0.4) is 0 Å². The predicted molar refractivity (Wildman–Crippen MR) is 363 cm³/mol. The summed E-state index contributed by atoms with van der Waals surface area (Å²) in [6.07, 6.45) is 87.5. The second-order valence-corrected chi connectivity index (χ2v) is 26.6. The zero-order chi connectivity index (χ0) is 59.9. The summed E-state index contributed by atoms with van der Waals surface area (Å²) < 4.78 is 17.0. The summed E-state index contributed by atoms with van der Waals surface area (Å²) in [7, 11) is 0. The molecule has 0 aliphatic carbocycles. The quantitative estimate of drug-likeness (QED) is 0.0343. The van der Waals surface area contributed by atoms with E-state index >= 15 is 0 Å². The molecular weight excluding hydrogens is 1020 g/mol. The van der Waals surface area contributed by atoms with Crippen LogP contribution in [0.1, 0.15) is 457 Å². The fraction of sp³-hybridized carbons (Fsp3) is 0.961. The molecule has 0 radical (unpaired) electrons. The number of hydrogen-bond donors (Lipinski definition) is 0. The molecule has 1 unspecified atom stereocenters. The van der Waals surface area contributed by atoms with Crippen LogP contribution in [0.4, 0.5) is 0 Å². The molecule has 0 aromatic heterocycles. The Labute approximate surface area is 520 Å². The van der Waals surface area contributed by atoms with Crippen LogP contribution in [0.25, 0.3) is 0 Å². The fourth-order valence-corrected chi connectivity index (χ4v) is 12.3. The number of carbonyl (C=O) groups is 3. The molecule has 0 aromatic carbocycles. The van der Waals surface area contributed by atoms with Gasteiger partial charge in [-0.2, -0.15) is 0 Å². The van der Waals surface area contributed by atoms with Gasteiger partial charge in [0.2, 0.25) is 0 Å². The van der Waals surface area contributed by atoms with E-state index in [-0.39, 0.29) is 31.1 Å². The van der Waals surface area contributed by atoms with Gasteiger partial charge in [0, 0.05) is 19.3 Å². The Hall–Kier alpha value is -1.59. The minimum Gasteiger partial charge on any atom is -0.462 e. The highest BCUT2D eigenvalue weighted by Gasteiger charge is 2.20. The van der Waals surface area contributed by atoms with Gasteiger partial charge in [-0.1, -0.05) is 419 Å². The highest BCUT2D eigenvalue weighted by atomic mass is 16.6. The second kappa shape index (κ2) is 72.9. The van der Waals surface area contributed by atoms with E-state index in [0.717, 1.165) is 57.8 Å². The maximum atomic E-state index is 13.0. The molecule has 0 heterocycles. The molecule has 0 bridgehead atoms. The van der Waals surface area contributed by atoms with Gasteiger partial charge in [-0.3, -0.25) is 14.4 Å². The van der Waals surface area contributed by atoms with Crippen molar-refractivity contribution in [1.82, 2.24) is 0 Å². The number of unbranched alkanes of at least 4 members (excludes halogenated alkanes) is 62. The van der Waals surface area contributed by atoms with Crippen LogP contribution in [-0.2, 0) is 28.6 Å². The van der Waals surface area contributed by atoms with E-state index in [0.29, 0.717) is 19.3 Å². The minimum atomic E-state index is -0.763. The fourth-order valence-electron chi connectivity index (χ4n) is 12.3. The SMILES string of the molecule is CCCCCCCCCCCCCCCCCCCCCCCCCCCCCCCCCCCC(=O)OCC(COC(=O)CCCCCCCCCCCCCC)OC(=O)CCCCCCCCCCCCCCCCCCCCCC. The van der Waals surface area contributed by atoms with E-state index in [2.05, 4.69) is 20.8 Å². The van der Waals surface area contributed by atoms with Crippen molar-refractivity contribution in [3.63, 3.8) is 0 Å². The summed E-state index contributed by atoms with van der Waals surface area (Å²) >= 11 is 0. The molecule has 1 atom stereocenters. The molecule has 0 aliphatic heterocycles. The third-order valence-electron chi connectivity index (χ3n) is 18.1. The monoisotopic (exact) mass is 1170 g/mol. The maximum Gasteiger partial charge on any atom is 0.306 e. The molecule has 0 amide bonds. The van der Waals surface area contributed by atoms with Crippen molar-refractivity contribution >= 4 is 17.9 Å². The number of rotatable bonds is 73. The van der Waals surface area contributed by atoms with Crippen molar-refractivity contribution in [3.05, 3.63) is 0 Å². The molecule has 0 spiro atoms. The van der Waals surface area contributed by atoms with E-state index in [9.17, 15) is 14.4 Å². The van der Waals surface area contributed by atoms with Crippen LogP contribution in [0.2, 0.25) is 0 Å². The third-order valence-corrected chi connectivity index (χ3v) is 18.1. The van der Waals surface area contributed by atoms with Gasteiger partial charge in [0.1, 0.15) is 13.2 Å². The van der Waals surface area contributed by atoms with Crippen molar-refractivity contribution in [2.75, 3.05) is 13.2 Å². The van der Waals surface area contributed by atoms with Gasteiger partial charge < -0.3 is 14.2 Å². The lowest BCUT2D eigenvalue weighted by Crippen LogP contribution is -2.30. The highest BCUT2D eigenvalue weighted by molar-refractivity contribution is 5.71. The maximum absolute atomic E-state index is 13.0. The smallest absolute Gasteiger partial charge is 0.306 e. The highest BCUT2D eigenvalue weighted by Crippen LogP contribution is 2.20. The number of carbonyl (C=O) groups excluding carboxylic acids is 3. The van der Waals surface area contributed by atoms with Crippen molar-refractivity contribution < 1.29 is 28.6 Å². The van der Waals surface area contributed by atoms with Crippen LogP contribution in [0, 0.1) is 0 Å². The average Bonchev–Trinajstić information content (AvgIpc) is 3.49. The van der Waals surface area contributed by atoms with Crippen LogP contribution in [0.15, 0.2) is 0 Å². The van der Waals surface area contributed by atoms with Crippen LogP contribution >= 0.6 is 0 Å². The van der Waals surface area contributed by atoms with Crippen molar-refractivity contribution in [2.45, 2.75) is 463 Å². The van der Waals surface area contributed by atoms with Crippen molar-refractivity contribution in [2.24, 2.45) is 0 Å². The first-order chi connectivity index (χ1) is 41.0. The van der Waals surface area contributed by atoms with Gasteiger partial charge in [-0.05, 0) is 19.3 Å². The van der Waals surface area contributed by atoms with Crippen LogP contribution in [-0.4, -0.2) is 37.2 Å². The number of esters is 3. The molecular formula is C77H150O6. The first kappa shape index (κ1) is 81.4. The molecule has 6 heteroatoms. The molecule has 0 aliphatic rings. The lowest BCUT2D eigenvalue weighted by Gasteiger charge is -2.18. The van der Waals surface area contributed by atoms with Crippen molar-refractivity contribution in [1.29, 1.82) is 0 Å². The molecule has 83 heavy (non-hydrogen) atoms. The molecule has 0 saturated heterocycles. The standard InChI is InChI=1S/C77H150O6/c1-4-7-10-13-16-19-22-25-27-29-31-33-34-35-36-37-38-39-40-41-42-43-44-45-47-48-50-52-55-58-61-64-67-70-76(79)82-73-74(72-81-75(78)69-66-63-60-57-54-24-21-18-15-12-9-6-3)83-77(80)71-68-65-62-59-56-53-51-49-46-32-30-28-26-23-20-17-14-11-8-5-2/h74H,4-73H2,1-3H3. The lowest BCUT2D eigenvalue weighted by molar-refractivity contribution is -0.167. The van der Waals surface area contributed by atoms with E-state index in [1.54, 1.807) is 0 Å². The second-order valence-electron chi connectivity index (χ2n) is 26.6. The number of hydrogen-bond acceptors (Lipinski definition) is 6. The summed E-state index contributed by atoms with van der Waals surface area (Å²) in [5.74, 6) is -0.819. The summed E-state index contributed by atoms with van der Waals surface area (Å²) in [5, 5.41) is 0. The summed E-state index contributed by atoms with van der Waals surface area (Å²) in [5.41, 5.74) is 0. The molecule has 494 valence electrons. The molecule has 0 rings (SSSR count). The molecule has 0 N–H and O–H groups in total. The molecule has 6 nitrogen and oxygen atoms in total. The topological polar surface area (TPSA) is 78.9 Å². The summed E-state index contributed by atoms with van der Waals surface area (Å²) in [6, 6.07) is 0. The Kier molecular flexibility index (Phi) is 71.5. The van der Waals surface area contributed by atoms with Gasteiger partial charge in [-0.15, -0.1) is 0 Å². The summed E-state index contributed by atoms with van der Waals surface area (Å²) in [6.45, 7) is 6.74. The molecule has 0 fully saturated rings. The van der Waals surface area contributed by atoms with E-state index in [4.69, 9.17) is 14.2 Å². The zero-order valence-electron chi connectivity index (χ0n) is 57.0. The van der Waals surface area contributed by atoms with Gasteiger partial charge in [-0.25, -0.2) is 0 Å². The van der Waals surface area contributed by atoms with Crippen molar-refractivity contribution in [3.8, 4) is 0 Å². The van der Waals surface area contributed by atoms with Gasteiger partial charge in [0.05, 0.1) is 0 Å². The Bertz CT molecular complexity index is 1250. The predicted octanol–water partition coefficient (Wildman–Crippen LogP) is 26.6. The Morgan fingerprint density at radius 1 is 0.193 bits per heavy atom. The Morgan fingerprint density at radius 2 is 0.325 bits per heavy atom. The largest absolute Gasteiger partial charge is 0.462 e. The van der Waals surface area contributed by atoms with Gasteiger partial charge in [0.25, 0.3) is 0 Å². The first-order valence-corrected chi connectivity index (χ1v) is 38.5. The molecule has 0 saturated carbocycles. The van der Waals surface area contributed by atoms with Gasteiger partial charge in [0.15, 0.2) is 6.10 Å². The van der Waals surface area contributed by atoms with E-state index < -0.39 is 6.10 Å².